The van der Waals surface area contributed by atoms with Gasteiger partial charge in [0.2, 0.25) is 0 Å². The van der Waals surface area contributed by atoms with Gasteiger partial charge in [-0.15, -0.1) is 0 Å². The minimum absolute atomic E-state index is 0.00779. The van der Waals surface area contributed by atoms with Gasteiger partial charge in [-0.2, -0.15) is 5.26 Å². The number of rotatable bonds is 6. The summed E-state index contributed by atoms with van der Waals surface area (Å²) in [5.74, 6) is 1.50. The summed E-state index contributed by atoms with van der Waals surface area (Å²) in [6, 6.07) is 22.0. The number of amides is 1. The van der Waals surface area contributed by atoms with E-state index in [0.717, 1.165) is 0 Å². The van der Waals surface area contributed by atoms with Gasteiger partial charge in [0.05, 0.1) is 12.8 Å². The van der Waals surface area contributed by atoms with Gasteiger partial charge in [0, 0.05) is 0 Å². The van der Waals surface area contributed by atoms with Crippen molar-refractivity contribution in [1.29, 1.82) is 5.26 Å². The van der Waals surface area contributed by atoms with Crippen molar-refractivity contribution < 1.29 is 13.9 Å². The second-order valence-corrected chi connectivity index (χ2v) is 5.42. The van der Waals surface area contributed by atoms with Gasteiger partial charge < -0.3 is 14.5 Å². The molecule has 128 valence electrons. The van der Waals surface area contributed by atoms with Crippen molar-refractivity contribution in [1.82, 2.24) is 5.32 Å². The van der Waals surface area contributed by atoms with E-state index in [1.165, 1.54) is 12.3 Å². The summed E-state index contributed by atoms with van der Waals surface area (Å²) in [5.41, 5.74) is 0.705. The lowest BCUT2D eigenvalue weighted by Crippen LogP contribution is -2.23. The summed E-state index contributed by atoms with van der Waals surface area (Å²) < 4.78 is 10.9. The maximum Gasteiger partial charge on any atom is 0.262 e. The maximum atomic E-state index is 12.2. The molecule has 0 bridgehead atoms. The van der Waals surface area contributed by atoms with E-state index in [0.29, 0.717) is 22.8 Å². The molecule has 0 saturated carbocycles. The lowest BCUT2D eigenvalue weighted by atomic mass is 10.1. The summed E-state index contributed by atoms with van der Waals surface area (Å²) in [6.07, 6.45) is 3.05. The predicted octanol–water partition coefficient (Wildman–Crippen LogP) is 4.30. The van der Waals surface area contributed by atoms with Crippen LogP contribution >= 0.6 is 0 Å². The molecule has 5 nitrogen and oxygen atoms in total. The molecule has 3 aromatic rings. The molecule has 0 radical (unpaired) electrons. The van der Waals surface area contributed by atoms with Crippen LogP contribution in [0.3, 0.4) is 0 Å². The summed E-state index contributed by atoms with van der Waals surface area (Å²) in [7, 11) is 0. The van der Waals surface area contributed by atoms with E-state index in [9.17, 15) is 10.1 Å². The molecule has 0 fully saturated rings. The molecule has 0 aliphatic heterocycles. The van der Waals surface area contributed by atoms with Gasteiger partial charge in [-0.05, 0) is 48.0 Å². The van der Waals surface area contributed by atoms with E-state index < -0.39 is 5.91 Å². The molecular weight excluding hydrogens is 328 g/mol. The van der Waals surface area contributed by atoms with Crippen LogP contribution < -0.4 is 10.1 Å². The second kappa shape index (κ2) is 8.36. The smallest absolute Gasteiger partial charge is 0.262 e. The lowest BCUT2D eigenvalue weighted by molar-refractivity contribution is -0.117. The number of ether oxygens (including phenoxy) is 1. The third kappa shape index (κ3) is 4.62. The number of para-hydroxylation sites is 1. The summed E-state index contributed by atoms with van der Waals surface area (Å²) in [5, 5.41) is 11.9. The van der Waals surface area contributed by atoms with Gasteiger partial charge in [-0.3, -0.25) is 4.79 Å². The number of nitrogens with zero attached hydrogens (tertiary/aromatic N) is 1. The number of nitriles is 1. The van der Waals surface area contributed by atoms with Crippen LogP contribution in [0.5, 0.6) is 11.5 Å². The zero-order valence-corrected chi connectivity index (χ0v) is 13.9. The van der Waals surface area contributed by atoms with Crippen LogP contribution in [-0.2, 0) is 11.3 Å². The van der Waals surface area contributed by atoms with Crippen molar-refractivity contribution >= 4 is 12.0 Å². The fraction of sp³-hybridized carbons (Fsp3) is 0.0476. The maximum absolute atomic E-state index is 12.2. The Labute approximate surface area is 151 Å². The molecule has 0 spiro atoms. The highest BCUT2D eigenvalue weighted by Crippen LogP contribution is 2.22. The van der Waals surface area contributed by atoms with E-state index >= 15 is 0 Å². The van der Waals surface area contributed by atoms with Crippen LogP contribution in [0.4, 0.5) is 0 Å². The first-order valence-corrected chi connectivity index (χ1v) is 8.00. The molecule has 1 heterocycles. The Morgan fingerprint density at radius 2 is 1.88 bits per heavy atom. The number of nitrogens with one attached hydrogen (secondary N) is 1. The van der Waals surface area contributed by atoms with Crippen molar-refractivity contribution in [2.45, 2.75) is 6.54 Å². The number of carbonyl (C=O) groups excluding carboxylic acids is 1. The van der Waals surface area contributed by atoms with E-state index in [-0.39, 0.29) is 12.1 Å². The molecule has 1 aromatic heterocycles. The van der Waals surface area contributed by atoms with Gasteiger partial charge in [-0.25, -0.2) is 0 Å². The third-order valence-electron chi connectivity index (χ3n) is 3.52. The first kappa shape index (κ1) is 17.1. The molecule has 2 aromatic carbocycles. The van der Waals surface area contributed by atoms with Crippen molar-refractivity contribution in [2.75, 3.05) is 0 Å². The Kier molecular flexibility index (Phi) is 5.48. The van der Waals surface area contributed by atoms with E-state index in [4.69, 9.17) is 9.15 Å². The molecule has 1 N–H and O–H groups in total. The van der Waals surface area contributed by atoms with Gasteiger partial charge >= 0.3 is 0 Å². The number of benzene rings is 2. The molecule has 0 unspecified atom stereocenters. The van der Waals surface area contributed by atoms with Crippen molar-refractivity contribution in [2.24, 2.45) is 0 Å². The Morgan fingerprint density at radius 1 is 1.08 bits per heavy atom. The van der Waals surface area contributed by atoms with Gasteiger partial charge in [0.25, 0.3) is 5.91 Å². The molecule has 0 aliphatic rings. The van der Waals surface area contributed by atoms with Crippen LogP contribution in [0.2, 0.25) is 0 Å². The summed E-state index contributed by atoms with van der Waals surface area (Å²) >= 11 is 0. The Morgan fingerprint density at radius 3 is 2.62 bits per heavy atom. The molecule has 5 heteroatoms. The fourth-order valence-electron chi connectivity index (χ4n) is 2.28. The Balaban J connectivity index is 1.71. The number of furan rings is 1. The van der Waals surface area contributed by atoms with E-state index in [1.807, 2.05) is 42.5 Å². The zero-order chi connectivity index (χ0) is 18.2. The first-order chi connectivity index (χ1) is 12.7. The monoisotopic (exact) mass is 344 g/mol. The molecule has 0 aliphatic carbocycles. The highest BCUT2D eigenvalue weighted by molar-refractivity contribution is 6.01. The standard InChI is InChI=1S/C21H16N2O3/c22-14-17(21(24)23-15-20-10-5-11-25-20)12-16-6-4-9-19(13-16)26-18-7-2-1-3-8-18/h1-13H,15H2,(H,23,24). The quantitative estimate of drug-likeness (QED) is 0.534. The van der Waals surface area contributed by atoms with Crippen molar-refractivity contribution in [3.8, 4) is 17.6 Å². The SMILES string of the molecule is N#CC(=Cc1cccc(Oc2ccccc2)c1)C(=O)NCc1ccco1. The van der Waals surface area contributed by atoms with Gasteiger partial charge in [0.15, 0.2) is 0 Å². The largest absolute Gasteiger partial charge is 0.467 e. The van der Waals surface area contributed by atoms with Crippen LogP contribution in [0, 0.1) is 11.3 Å². The molecule has 1 amide bonds. The lowest BCUT2D eigenvalue weighted by Gasteiger charge is -2.06. The Bertz CT molecular complexity index is 939. The predicted molar refractivity (Wildman–Crippen MR) is 97.1 cm³/mol. The molecule has 0 atom stereocenters. The first-order valence-electron chi connectivity index (χ1n) is 8.00. The average molecular weight is 344 g/mol. The molecule has 26 heavy (non-hydrogen) atoms. The minimum atomic E-state index is -0.460. The Hall–Kier alpha value is -3.78. The van der Waals surface area contributed by atoms with E-state index in [2.05, 4.69) is 5.32 Å². The normalized spacial score (nSPS) is 10.8. The number of carbonyl (C=O) groups is 1. The van der Waals surface area contributed by atoms with Crippen molar-refractivity contribution in [3.05, 3.63) is 89.9 Å². The molecular formula is C21H16N2O3. The average Bonchev–Trinajstić information content (AvgIpc) is 3.19. The molecule has 0 saturated heterocycles. The summed E-state index contributed by atoms with van der Waals surface area (Å²) in [4.78, 5) is 12.2. The summed E-state index contributed by atoms with van der Waals surface area (Å²) in [6.45, 7) is 0.224. The van der Waals surface area contributed by atoms with E-state index in [1.54, 1.807) is 30.3 Å². The van der Waals surface area contributed by atoms with Gasteiger partial charge in [0.1, 0.15) is 28.9 Å². The van der Waals surface area contributed by atoms with Crippen molar-refractivity contribution in [3.63, 3.8) is 0 Å². The highest BCUT2D eigenvalue weighted by atomic mass is 16.5. The van der Waals surface area contributed by atoms with Crippen LogP contribution in [-0.4, -0.2) is 5.91 Å². The number of hydrogen-bond donors (Lipinski definition) is 1. The van der Waals surface area contributed by atoms with Crippen LogP contribution in [0.25, 0.3) is 6.08 Å². The second-order valence-electron chi connectivity index (χ2n) is 5.42. The minimum Gasteiger partial charge on any atom is -0.467 e. The number of hydrogen-bond acceptors (Lipinski definition) is 4. The van der Waals surface area contributed by atoms with Gasteiger partial charge in [-0.1, -0.05) is 30.3 Å². The third-order valence-corrected chi connectivity index (χ3v) is 3.52. The zero-order valence-electron chi connectivity index (χ0n) is 13.9. The van der Waals surface area contributed by atoms with Crippen LogP contribution in [0.15, 0.2) is 83.0 Å². The van der Waals surface area contributed by atoms with Crippen LogP contribution in [0.1, 0.15) is 11.3 Å². The fourth-order valence-corrected chi connectivity index (χ4v) is 2.28. The molecule has 3 rings (SSSR count). The highest BCUT2D eigenvalue weighted by Gasteiger charge is 2.10. The topological polar surface area (TPSA) is 75.3 Å².